The first-order valence-electron chi connectivity index (χ1n) is 15.4. The maximum absolute atomic E-state index is 13.0. The van der Waals surface area contributed by atoms with Crippen LogP contribution in [0, 0.1) is 11.8 Å². The van der Waals surface area contributed by atoms with Crippen molar-refractivity contribution in [2.24, 2.45) is 22.6 Å². The van der Waals surface area contributed by atoms with Crippen LogP contribution in [0.4, 0.5) is 5.82 Å². The van der Waals surface area contributed by atoms with Crippen LogP contribution in [-0.4, -0.2) is 94.5 Å². The number of nitrogens with two attached hydrogens (primary N) is 1. The van der Waals surface area contributed by atoms with E-state index in [-0.39, 0.29) is 43.2 Å². The van der Waals surface area contributed by atoms with Crippen molar-refractivity contribution in [1.82, 2.24) is 14.6 Å². The Morgan fingerprint density at radius 1 is 1.27 bits per heavy atom. The van der Waals surface area contributed by atoms with Crippen LogP contribution in [0.2, 0.25) is 0 Å². The lowest BCUT2D eigenvalue weighted by Gasteiger charge is -2.30. The third-order valence-electron chi connectivity index (χ3n) is 8.87. The minimum Gasteiger partial charge on any atom is -0.463 e. The summed E-state index contributed by atoms with van der Waals surface area (Å²) >= 11 is 0. The zero-order valence-corrected chi connectivity index (χ0v) is 26.7. The molecule has 0 aromatic carbocycles. The summed E-state index contributed by atoms with van der Waals surface area (Å²) in [5.74, 6) is -1.32. The lowest BCUT2D eigenvalue weighted by molar-refractivity contribution is -0.162. The van der Waals surface area contributed by atoms with Gasteiger partial charge in [0.25, 0.3) is 5.91 Å². The fourth-order valence-corrected chi connectivity index (χ4v) is 5.78. The molecule has 4 rings (SSSR count). The Hall–Kier alpha value is -3.46. The number of hydrogen-bond acceptors (Lipinski definition) is 12. The Labute approximate surface area is 263 Å². The van der Waals surface area contributed by atoms with Gasteiger partial charge in [0, 0.05) is 13.5 Å². The second kappa shape index (κ2) is 14.3. The molecule has 0 unspecified atom stereocenters. The van der Waals surface area contributed by atoms with E-state index in [1.54, 1.807) is 39.8 Å². The van der Waals surface area contributed by atoms with Crippen LogP contribution in [0.3, 0.4) is 0 Å². The summed E-state index contributed by atoms with van der Waals surface area (Å²) in [4.78, 5) is 47.0. The molecule has 45 heavy (non-hydrogen) atoms. The van der Waals surface area contributed by atoms with Crippen molar-refractivity contribution >= 4 is 35.9 Å². The van der Waals surface area contributed by atoms with Crippen molar-refractivity contribution in [2.45, 2.75) is 102 Å². The van der Waals surface area contributed by atoms with Gasteiger partial charge in [-0.1, -0.05) is 33.1 Å². The molecule has 1 saturated carbocycles. The highest BCUT2D eigenvalue weighted by molar-refractivity contribution is 5.98. The fraction of sp³-hybridized carbons (Fsp3) is 0.677. The molecule has 14 nitrogen and oxygen atoms in total. The number of fused-ring (bicyclic) bond motifs is 1. The van der Waals surface area contributed by atoms with Crippen molar-refractivity contribution in [1.29, 1.82) is 0 Å². The lowest BCUT2D eigenvalue weighted by atomic mass is 9.87. The van der Waals surface area contributed by atoms with Crippen molar-refractivity contribution in [3.8, 4) is 0 Å². The van der Waals surface area contributed by atoms with Crippen LogP contribution in [-0.2, 0) is 38.9 Å². The molecule has 248 valence electrons. The highest BCUT2D eigenvalue weighted by atomic mass is 16.6. The Bertz CT molecular complexity index is 1370. The van der Waals surface area contributed by atoms with E-state index in [9.17, 15) is 19.5 Å². The second-order valence-corrected chi connectivity index (χ2v) is 12.7. The van der Waals surface area contributed by atoms with Crippen LogP contribution >= 0.6 is 0 Å². The van der Waals surface area contributed by atoms with Gasteiger partial charge in [-0.3, -0.25) is 19.4 Å². The van der Waals surface area contributed by atoms with E-state index >= 15 is 0 Å². The average Bonchev–Trinajstić information content (AvgIpc) is 3.56. The van der Waals surface area contributed by atoms with Crippen LogP contribution in [0.1, 0.15) is 71.9 Å². The second-order valence-electron chi connectivity index (χ2n) is 12.7. The number of aromatic nitrogens is 3. The molecule has 5 atom stereocenters. The highest BCUT2D eigenvalue weighted by Crippen LogP contribution is 2.43. The minimum atomic E-state index is -1.64. The molecule has 2 fully saturated rings. The summed E-state index contributed by atoms with van der Waals surface area (Å²) in [6.07, 6.45) is 3.01. The molecule has 1 aliphatic carbocycles. The number of aliphatic hydroxyl groups excluding tert-OH is 1. The molecular weight excluding hydrogens is 584 g/mol. The van der Waals surface area contributed by atoms with Crippen molar-refractivity contribution < 1.29 is 38.4 Å². The van der Waals surface area contributed by atoms with Crippen LogP contribution in [0.15, 0.2) is 23.5 Å². The molecule has 14 heteroatoms. The average molecular weight is 631 g/mol. The zero-order valence-electron chi connectivity index (χ0n) is 26.7. The van der Waals surface area contributed by atoms with Gasteiger partial charge in [0.1, 0.15) is 42.3 Å². The zero-order chi connectivity index (χ0) is 32.9. The van der Waals surface area contributed by atoms with E-state index in [1.165, 1.54) is 24.4 Å². The fourth-order valence-electron chi connectivity index (χ4n) is 5.78. The third kappa shape index (κ3) is 7.35. The maximum atomic E-state index is 13.0. The number of carbonyl (C=O) groups excluding carboxylic acids is 3. The molecular formula is C31H46N6O8. The molecule has 1 aliphatic heterocycles. The largest absolute Gasteiger partial charge is 0.463 e. The number of esters is 2. The molecule has 2 aliphatic rings. The van der Waals surface area contributed by atoms with Gasteiger partial charge in [-0.2, -0.15) is 5.10 Å². The Balaban J connectivity index is 1.67. The number of hydrogen-bond donors (Lipinski definition) is 3. The molecule has 2 aromatic rings. The number of carbonyl (C=O) groups is 3. The topological polar surface area (TPSA) is 189 Å². The van der Waals surface area contributed by atoms with Gasteiger partial charge in [-0.05, 0) is 57.4 Å². The molecule has 1 saturated heterocycles. The quantitative estimate of drug-likeness (QED) is 0.217. The lowest BCUT2D eigenvalue weighted by Crippen LogP contribution is -2.48. The third-order valence-corrected chi connectivity index (χ3v) is 8.87. The Morgan fingerprint density at radius 2 is 1.98 bits per heavy atom. The summed E-state index contributed by atoms with van der Waals surface area (Å²) in [6.45, 7) is 9.97. The number of amides is 1. The first kappa shape index (κ1) is 34.4. The number of methoxy groups -OCH3 is 1. The monoisotopic (exact) mass is 630 g/mol. The SMILES string of the molecule is C=NC[C@@]1(c2ccc3c(NC(=O)C(C)(C)OC)ncnn23)O[C@H](COC(=O)CC2CCCCC2)[C@@H](OC(=O)[C@H](N)C(C)C)[C@H]1O. The van der Waals surface area contributed by atoms with E-state index in [4.69, 9.17) is 24.7 Å². The first-order chi connectivity index (χ1) is 21.3. The number of nitrogens with one attached hydrogen (secondary N) is 1. The van der Waals surface area contributed by atoms with Gasteiger partial charge < -0.3 is 35.1 Å². The Morgan fingerprint density at radius 3 is 2.62 bits per heavy atom. The molecule has 0 spiro atoms. The van der Waals surface area contributed by atoms with E-state index in [2.05, 4.69) is 27.1 Å². The maximum Gasteiger partial charge on any atom is 0.323 e. The predicted octanol–water partition coefficient (Wildman–Crippen LogP) is 2.16. The van der Waals surface area contributed by atoms with Gasteiger partial charge in [0.05, 0.1) is 12.2 Å². The highest BCUT2D eigenvalue weighted by Gasteiger charge is 2.59. The minimum absolute atomic E-state index is 0.167. The van der Waals surface area contributed by atoms with Gasteiger partial charge in [-0.15, -0.1) is 0 Å². The van der Waals surface area contributed by atoms with Crippen LogP contribution in [0.25, 0.3) is 5.52 Å². The van der Waals surface area contributed by atoms with E-state index < -0.39 is 47.4 Å². The van der Waals surface area contributed by atoms with Gasteiger partial charge >= 0.3 is 11.9 Å². The van der Waals surface area contributed by atoms with Crippen molar-refractivity contribution in [2.75, 3.05) is 25.6 Å². The number of aliphatic hydroxyl groups is 1. The summed E-state index contributed by atoms with van der Waals surface area (Å²) in [7, 11) is 1.43. The first-order valence-corrected chi connectivity index (χ1v) is 15.4. The van der Waals surface area contributed by atoms with Crippen LogP contribution < -0.4 is 11.1 Å². The standard InChI is InChI=1S/C31H46N6O8/c1-18(2)24(32)28(40)44-25-21(15-43-23(38)14-19-10-8-7-9-11-19)45-31(16-33-5,26(25)39)22-13-12-20-27(34-17-35-37(20)22)36-29(41)30(3,4)42-6/h12-13,17-19,21,24-26,39H,5,7-11,14-16,32H2,1-4,6H3,(H,34,35,36,41)/t21-,24-,25-,26-,31+/m1/s1. The summed E-state index contributed by atoms with van der Waals surface area (Å²) in [6, 6.07) is 2.34. The number of rotatable bonds is 13. The molecule has 0 bridgehead atoms. The van der Waals surface area contributed by atoms with E-state index in [0.29, 0.717) is 11.2 Å². The Kier molecular flexibility index (Phi) is 10.9. The smallest absolute Gasteiger partial charge is 0.323 e. The van der Waals surface area contributed by atoms with E-state index in [1.807, 2.05) is 0 Å². The molecule has 2 aromatic heterocycles. The van der Waals surface area contributed by atoms with Gasteiger partial charge in [-0.25, -0.2) is 9.50 Å². The summed E-state index contributed by atoms with van der Waals surface area (Å²) in [5, 5.41) is 19.0. The number of ether oxygens (including phenoxy) is 4. The predicted molar refractivity (Wildman–Crippen MR) is 165 cm³/mol. The number of aliphatic imine (C=N–C) groups is 1. The van der Waals surface area contributed by atoms with Gasteiger partial charge in [0.2, 0.25) is 0 Å². The van der Waals surface area contributed by atoms with Crippen molar-refractivity contribution in [3.63, 3.8) is 0 Å². The summed E-state index contributed by atoms with van der Waals surface area (Å²) in [5.41, 5.74) is 4.02. The normalized spacial score (nSPS) is 24.8. The van der Waals surface area contributed by atoms with Gasteiger partial charge in [0.15, 0.2) is 17.5 Å². The number of anilines is 1. The number of nitrogens with zero attached hydrogens (tertiary/aromatic N) is 4. The van der Waals surface area contributed by atoms with Crippen molar-refractivity contribution in [3.05, 3.63) is 24.2 Å². The molecule has 0 radical (unpaired) electrons. The molecule has 4 N–H and O–H groups in total. The molecule has 3 heterocycles. The van der Waals surface area contributed by atoms with Crippen LogP contribution in [0.5, 0.6) is 0 Å². The molecule has 1 amide bonds. The van der Waals surface area contributed by atoms with E-state index in [0.717, 1.165) is 25.7 Å². The summed E-state index contributed by atoms with van der Waals surface area (Å²) < 4.78 is 24.6.